The number of hydrogen-bond donors (Lipinski definition) is 2. The van der Waals surface area contributed by atoms with Crippen LogP contribution in [0.25, 0.3) is 0 Å². The van der Waals surface area contributed by atoms with E-state index in [1.54, 1.807) is 6.07 Å². The van der Waals surface area contributed by atoms with Crippen molar-refractivity contribution < 1.29 is 4.92 Å². The smallest absolute Gasteiger partial charge is 0.282 e. The summed E-state index contributed by atoms with van der Waals surface area (Å²) in [5, 5.41) is 10.8. The van der Waals surface area contributed by atoms with Gasteiger partial charge in [-0.25, -0.2) is 0 Å². The summed E-state index contributed by atoms with van der Waals surface area (Å²) in [5.41, 5.74) is 11.5. The molecule has 0 amide bonds. The number of anilines is 1. The lowest BCUT2D eigenvalue weighted by Crippen LogP contribution is -2.17. The first-order valence-electron chi connectivity index (χ1n) is 4.52. The Hall–Kier alpha value is -2.37. The van der Waals surface area contributed by atoms with E-state index < -0.39 is 4.92 Å². The quantitative estimate of drug-likeness (QED) is 0.197. The average molecular weight is 220 g/mol. The summed E-state index contributed by atoms with van der Waals surface area (Å²) in [7, 11) is 0. The molecule has 0 saturated carbocycles. The Labute approximate surface area is 92.4 Å². The maximum atomic E-state index is 10.8. The Morgan fingerprint density at radius 2 is 2.31 bits per heavy atom. The lowest BCUT2D eigenvalue weighted by Gasteiger charge is -2.05. The van der Waals surface area contributed by atoms with Crippen LogP contribution in [0.3, 0.4) is 0 Å². The number of nitrogen functional groups attached to an aromatic ring is 1. The van der Waals surface area contributed by atoms with Gasteiger partial charge < -0.3 is 11.5 Å². The normalized spacial score (nSPS) is 11.1. The van der Waals surface area contributed by atoms with Crippen molar-refractivity contribution in [3.63, 3.8) is 0 Å². The van der Waals surface area contributed by atoms with Gasteiger partial charge in [0.25, 0.3) is 5.69 Å². The Balaban J connectivity index is 3.30. The highest BCUT2D eigenvalue weighted by Gasteiger charge is 2.18. The van der Waals surface area contributed by atoms with Crippen molar-refractivity contribution >= 4 is 17.2 Å². The standard InChI is InChI=1S/C10H12N4O2/c1-2-6-13-10(12)9-7(11)4-3-5-8(9)14(15)16/h2-5H,1,6,11H2,(H2,12,13). The molecule has 0 spiro atoms. The summed E-state index contributed by atoms with van der Waals surface area (Å²) < 4.78 is 0. The number of nitro benzene ring substituents is 1. The van der Waals surface area contributed by atoms with Crippen molar-refractivity contribution in [2.24, 2.45) is 10.7 Å². The fourth-order valence-electron chi connectivity index (χ4n) is 1.23. The van der Waals surface area contributed by atoms with Gasteiger partial charge in [-0.3, -0.25) is 15.1 Å². The van der Waals surface area contributed by atoms with Crippen LogP contribution in [-0.2, 0) is 0 Å². The number of nitrogens with two attached hydrogens (primary N) is 2. The minimum atomic E-state index is -0.540. The van der Waals surface area contributed by atoms with Gasteiger partial charge in [-0.15, -0.1) is 6.58 Å². The Kier molecular flexibility index (Phi) is 3.60. The topological polar surface area (TPSA) is 108 Å². The molecule has 6 heteroatoms. The van der Waals surface area contributed by atoms with Gasteiger partial charge in [0.05, 0.1) is 11.5 Å². The van der Waals surface area contributed by atoms with Crippen LogP contribution in [-0.4, -0.2) is 17.3 Å². The van der Waals surface area contributed by atoms with Crippen molar-refractivity contribution in [2.45, 2.75) is 0 Å². The summed E-state index contributed by atoms with van der Waals surface area (Å²) in [6, 6.07) is 4.37. The number of hydrogen-bond acceptors (Lipinski definition) is 4. The minimum Gasteiger partial charge on any atom is -0.398 e. The van der Waals surface area contributed by atoms with E-state index >= 15 is 0 Å². The van der Waals surface area contributed by atoms with E-state index in [1.165, 1.54) is 18.2 Å². The molecule has 0 unspecified atom stereocenters. The average Bonchev–Trinajstić information content (AvgIpc) is 2.25. The van der Waals surface area contributed by atoms with Crippen molar-refractivity contribution in [3.8, 4) is 0 Å². The second kappa shape index (κ2) is 4.92. The van der Waals surface area contributed by atoms with Crippen molar-refractivity contribution in [3.05, 3.63) is 46.5 Å². The summed E-state index contributed by atoms with van der Waals surface area (Å²) in [4.78, 5) is 14.1. The number of nitro groups is 1. The van der Waals surface area contributed by atoms with E-state index in [0.717, 1.165) is 0 Å². The third kappa shape index (κ3) is 2.35. The second-order valence-corrected chi connectivity index (χ2v) is 3.01. The van der Waals surface area contributed by atoms with Crippen molar-refractivity contribution in [2.75, 3.05) is 12.3 Å². The Bertz CT molecular complexity index is 454. The monoisotopic (exact) mass is 220 g/mol. The first-order valence-corrected chi connectivity index (χ1v) is 4.52. The molecule has 0 fully saturated rings. The Morgan fingerprint density at radius 3 is 2.88 bits per heavy atom. The molecule has 0 saturated heterocycles. The molecule has 16 heavy (non-hydrogen) atoms. The predicted molar refractivity (Wildman–Crippen MR) is 63.3 cm³/mol. The van der Waals surface area contributed by atoms with Gasteiger partial charge in [0.2, 0.25) is 0 Å². The van der Waals surface area contributed by atoms with E-state index in [-0.39, 0.29) is 29.3 Å². The van der Waals surface area contributed by atoms with Gasteiger partial charge in [0, 0.05) is 11.8 Å². The highest BCUT2D eigenvalue weighted by atomic mass is 16.6. The molecular formula is C10H12N4O2. The van der Waals surface area contributed by atoms with Crippen LogP contribution in [0.1, 0.15) is 5.56 Å². The maximum Gasteiger partial charge on any atom is 0.282 e. The zero-order valence-electron chi connectivity index (χ0n) is 8.59. The van der Waals surface area contributed by atoms with Gasteiger partial charge >= 0.3 is 0 Å². The summed E-state index contributed by atoms with van der Waals surface area (Å²) in [6.45, 7) is 3.77. The minimum absolute atomic E-state index is 0.0460. The van der Waals surface area contributed by atoms with E-state index in [0.29, 0.717) is 0 Å². The number of benzene rings is 1. The van der Waals surface area contributed by atoms with Gasteiger partial charge in [0.15, 0.2) is 0 Å². The molecular weight excluding hydrogens is 208 g/mol. The van der Waals surface area contributed by atoms with E-state index in [9.17, 15) is 10.1 Å². The molecule has 1 aromatic carbocycles. The maximum absolute atomic E-state index is 10.8. The van der Waals surface area contributed by atoms with Gasteiger partial charge in [-0.1, -0.05) is 12.1 Å². The number of amidine groups is 1. The molecule has 84 valence electrons. The SMILES string of the molecule is C=CCN=C(N)c1c(N)cccc1[N+](=O)[O-]. The molecule has 0 bridgehead atoms. The molecule has 0 heterocycles. The molecule has 0 radical (unpaired) electrons. The van der Waals surface area contributed by atoms with Crippen LogP contribution in [0.2, 0.25) is 0 Å². The molecule has 0 aliphatic rings. The lowest BCUT2D eigenvalue weighted by atomic mass is 10.1. The molecule has 0 aromatic heterocycles. The highest BCUT2D eigenvalue weighted by Crippen LogP contribution is 2.23. The van der Waals surface area contributed by atoms with E-state index in [1.807, 2.05) is 0 Å². The molecule has 1 aromatic rings. The summed E-state index contributed by atoms with van der Waals surface area (Å²) in [6.07, 6.45) is 1.54. The molecule has 0 aliphatic heterocycles. The molecule has 4 N–H and O–H groups in total. The van der Waals surface area contributed by atoms with Crippen LogP contribution >= 0.6 is 0 Å². The fraction of sp³-hybridized carbons (Fsp3) is 0.100. The lowest BCUT2D eigenvalue weighted by molar-refractivity contribution is -0.385. The van der Waals surface area contributed by atoms with Crippen molar-refractivity contribution in [1.82, 2.24) is 0 Å². The fourth-order valence-corrected chi connectivity index (χ4v) is 1.23. The van der Waals surface area contributed by atoms with Crippen LogP contribution in [0.5, 0.6) is 0 Å². The third-order valence-corrected chi connectivity index (χ3v) is 1.92. The number of aliphatic imine (C=N–C) groups is 1. The van der Waals surface area contributed by atoms with Gasteiger partial charge in [-0.2, -0.15) is 0 Å². The van der Waals surface area contributed by atoms with Crippen LogP contribution in [0, 0.1) is 10.1 Å². The van der Waals surface area contributed by atoms with Crippen LogP contribution < -0.4 is 11.5 Å². The molecule has 0 aliphatic carbocycles. The van der Waals surface area contributed by atoms with Gasteiger partial charge in [-0.05, 0) is 6.07 Å². The van der Waals surface area contributed by atoms with E-state index in [2.05, 4.69) is 11.6 Å². The first kappa shape index (κ1) is 11.7. The zero-order chi connectivity index (χ0) is 12.1. The zero-order valence-corrected chi connectivity index (χ0v) is 8.59. The highest BCUT2D eigenvalue weighted by molar-refractivity contribution is 6.05. The predicted octanol–water partition coefficient (Wildman–Crippen LogP) is 1.07. The third-order valence-electron chi connectivity index (χ3n) is 1.92. The van der Waals surface area contributed by atoms with Crippen molar-refractivity contribution in [1.29, 1.82) is 0 Å². The molecule has 6 nitrogen and oxygen atoms in total. The largest absolute Gasteiger partial charge is 0.398 e. The van der Waals surface area contributed by atoms with E-state index in [4.69, 9.17) is 11.5 Å². The second-order valence-electron chi connectivity index (χ2n) is 3.01. The molecule has 0 atom stereocenters. The number of nitrogens with zero attached hydrogens (tertiary/aromatic N) is 2. The molecule has 1 rings (SSSR count). The Morgan fingerprint density at radius 1 is 1.62 bits per heavy atom. The van der Waals surface area contributed by atoms with Crippen LogP contribution in [0.15, 0.2) is 35.8 Å². The first-order chi connectivity index (χ1) is 7.57. The number of rotatable bonds is 4. The summed E-state index contributed by atoms with van der Waals surface area (Å²) >= 11 is 0. The summed E-state index contributed by atoms with van der Waals surface area (Å²) in [5.74, 6) is 0.0460. The van der Waals surface area contributed by atoms with Gasteiger partial charge in [0.1, 0.15) is 11.4 Å². The van der Waals surface area contributed by atoms with Crippen LogP contribution in [0.4, 0.5) is 11.4 Å².